The molecule has 1 fully saturated rings. The van der Waals surface area contributed by atoms with Crippen molar-refractivity contribution in [3.05, 3.63) is 65.7 Å². The Bertz CT molecular complexity index is 727. The van der Waals surface area contributed by atoms with Gasteiger partial charge in [0.25, 0.3) is 5.91 Å². The van der Waals surface area contributed by atoms with E-state index in [1.807, 2.05) is 60.7 Å². The van der Waals surface area contributed by atoms with Crippen LogP contribution in [-0.2, 0) is 4.79 Å². The van der Waals surface area contributed by atoms with Crippen LogP contribution in [0.3, 0.4) is 0 Å². The standard InChI is InChI=1S/C23H27NO2/c1-26-21-15-13-18(14-16-21)17-22(19-9-5-4-6-10-19)23(25)24-20-11-7-2-3-8-12-20/h4-6,9-10,13-17,20H,2-3,7-8,11-12H2,1H3,(H,24,25). The first kappa shape index (κ1) is 18.2. The summed E-state index contributed by atoms with van der Waals surface area (Å²) in [6.45, 7) is 0. The number of benzene rings is 2. The lowest BCUT2D eigenvalue weighted by atomic mass is 10.0. The zero-order valence-electron chi connectivity index (χ0n) is 15.4. The van der Waals surface area contributed by atoms with Gasteiger partial charge in [0.15, 0.2) is 0 Å². The highest BCUT2D eigenvalue weighted by Gasteiger charge is 2.18. The molecular formula is C23H27NO2. The molecule has 3 nitrogen and oxygen atoms in total. The van der Waals surface area contributed by atoms with Crippen molar-refractivity contribution < 1.29 is 9.53 Å². The minimum Gasteiger partial charge on any atom is -0.497 e. The maximum absolute atomic E-state index is 13.0. The maximum atomic E-state index is 13.0. The maximum Gasteiger partial charge on any atom is 0.252 e. The van der Waals surface area contributed by atoms with Gasteiger partial charge in [-0.25, -0.2) is 0 Å². The smallest absolute Gasteiger partial charge is 0.252 e. The first-order valence-electron chi connectivity index (χ1n) is 9.48. The monoisotopic (exact) mass is 349 g/mol. The summed E-state index contributed by atoms with van der Waals surface area (Å²) in [5.41, 5.74) is 2.63. The van der Waals surface area contributed by atoms with Crippen LogP contribution in [0.2, 0.25) is 0 Å². The quantitative estimate of drug-likeness (QED) is 0.465. The predicted molar refractivity (Wildman–Crippen MR) is 107 cm³/mol. The number of carbonyl (C=O) groups is 1. The fourth-order valence-electron chi connectivity index (χ4n) is 3.45. The molecule has 0 aromatic heterocycles. The first-order chi connectivity index (χ1) is 12.8. The van der Waals surface area contributed by atoms with Crippen molar-refractivity contribution in [1.29, 1.82) is 0 Å². The Kier molecular flexibility index (Phi) is 6.48. The molecule has 2 aromatic rings. The summed E-state index contributed by atoms with van der Waals surface area (Å²) in [5.74, 6) is 0.824. The second-order valence-corrected chi connectivity index (χ2v) is 6.86. The van der Waals surface area contributed by atoms with E-state index in [4.69, 9.17) is 4.74 Å². The van der Waals surface area contributed by atoms with E-state index in [0.717, 1.165) is 29.7 Å². The van der Waals surface area contributed by atoms with E-state index in [-0.39, 0.29) is 11.9 Å². The molecule has 0 spiro atoms. The topological polar surface area (TPSA) is 38.3 Å². The third kappa shape index (κ3) is 4.98. The van der Waals surface area contributed by atoms with Crippen LogP contribution in [0.1, 0.15) is 49.7 Å². The Morgan fingerprint density at radius 2 is 1.62 bits per heavy atom. The Labute approximate surface area is 156 Å². The number of hydrogen-bond acceptors (Lipinski definition) is 2. The summed E-state index contributed by atoms with van der Waals surface area (Å²) >= 11 is 0. The Balaban J connectivity index is 1.84. The number of rotatable bonds is 5. The molecule has 2 aromatic carbocycles. The van der Waals surface area contributed by atoms with Gasteiger partial charge in [0.1, 0.15) is 5.75 Å². The molecule has 26 heavy (non-hydrogen) atoms. The van der Waals surface area contributed by atoms with Crippen LogP contribution in [0.15, 0.2) is 54.6 Å². The van der Waals surface area contributed by atoms with E-state index < -0.39 is 0 Å². The zero-order chi connectivity index (χ0) is 18.2. The van der Waals surface area contributed by atoms with Crippen molar-refractivity contribution in [2.24, 2.45) is 0 Å². The average Bonchev–Trinajstić information content (AvgIpc) is 2.96. The minimum absolute atomic E-state index is 0.0129. The molecule has 0 atom stereocenters. The molecule has 0 radical (unpaired) electrons. The summed E-state index contributed by atoms with van der Waals surface area (Å²) in [7, 11) is 1.65. The van der Waals surface area contributed by atoms with Crippen molar-refractivity contribution in [3.63, 3.8) is 0 Å². The van der Waals surface area contributed by atoms with E-state index in [9.17, 15) is 4.79 Å². The highest BCUT2D eigenvalue weighted by Crippen LogP contribution is 2.22. The van der Waals surface area contributed by atoms with Crippen LogP contribution in [-0.4, -0.2) is 19.1 Å². The van der Waals surface area contributed by atoms with Crippen molar-refractivity contribution in [3.8, 4) is 5.75 Å². The molecule has 0 unspecified atom stereocenters. The number of methoxy groups -OCH3 is 1. The highest BCUT2D eigenvalue weighted by molar-refractivity contribution is 6.24. The molecular weight excluding hydrogens is 322 g/mol. The van der Waals surface area contributed by atoms with Crippen LogP contribution >= 0.6 is 0 Å². The largest absolute Gasteiger partial charge is 0.497 e. The third-order valence-corrected chi connectivity index (χ3v) is 4.95. The third-order valence-electron chi connectivity index (χ3n) is 4.95. The van der Waals surface area contributed by atoms with Crippen LogP contribution in [0.4, 0.5) is 0 Å². The van der Waals surface area contributed by atoms with Crippen LogP contribution < -0.4 is 10.1 Å². The van der Waals surface area contributed by atoms with Gasteiger partial charge < -0.3 is 10.1 Å². The molecule has 0 heterocycles. The average molecular weight is 349 g/mol. The normalized spacial score (nSPS) is 16.0. The summed E-state index contributed by atoms with van der Waals surface area (Å²) in [4.78, 5) is 13.0. The van der Waals surface area contributed by atoms with E-state index in [1.165, 1.54) is 25.7 Å². The van der Waals surface area contributed by atoms with Crippen LogP contribution in [0, 0.1) is 0 Å². The van der Waals surface area contributed by atoms with Gasteiger partial charge in [-0.05, 0) is 42.2 Å². The van der Waals surface area contributed by atoms with Gasteiger partial charge in [0.2, 0.25) is 0 Å². The SMILES string of the molecule is COc1ccc(C=C(C(=O)NC2CCCCCC2)c2ccccc2)cc1. The van der Waals surface area contributed by atoms with Gasteiger partial charge >= 0.3 is 0 Å². The Morgan fingerprint density at radius 1 is 0.962 bits per heavy atom. The van der Waals surface area contributed by atoms with Gasteiger partial charge in [0, 0.05) is 11.6 Å². The molecule has 3 heteroatoms. The Hall–Kier alpha value is -2.55. The van der Waals surface area contributed by atoms with Crippen molar-refractivity contribution in [2.45, 2.75) is 44.6 Å². The van der Waals surface area contributed by atoms with E-state index in [0.29, 0.717) is 5.57 Å². The van der Waals surface area contributed by atoms with Gasteiger partial charge in [-0.3, -0.25) is 4.79 Å². The molecule has 136 valence electrons. The van der Waals surface area contributed by atoms with E-state index in [1.54, 1.807) is 7.11 Å². The summed E-state index contributed by atoms with van der Waals surface area (Å²) in [6, 6.07) is 17.9. The lowest BCUT2D eigenvalue weighted by molar-refractivity contribution is -0.116. The van der Waals surface area contributed by atoms with Gasteiger partial charge in [0.05, 0.1) is 7.11 Å². The van der Waals surface area contributed by atoms with E-state index in [2.05, 4.69) is 5.32 Å². The fraction of sp³-hybridized carbons (Fsp3) is 0.348. The molecule has 0 saturated heterocycles. The molecule has 0 bridgehead atoms. The predicted octanol–water partition coefficient (Wildman–Crippen LogP) is 5.07. The number of carbonyl (C=O) groups excluding carboxylic acids is 1. The summed E-state index contributed by atoms with van der Waals surface area (Å²) < 4.78 is 5.22. The van der Waals surface area contributed by atoms with Crippen LogP contribution in [0.25, 0.3) is 11.6 Å². The highest BCUT2D eigenvalue weighted by atomic mass is 16.5. The summed E-state index contributed by atoms with van der Waals surface area (Å²) in [5, 5.41) is 3.27. The van der Waals surface area contributed by atoms with E-state index >= 15 is 0 Å². The molecule has 1 aliphatic carbocycles. The number of nitrogens with one attached hydrogen (secondary N) is 1. The molecule has 1 aliphatic rings. The van der Waals surface area contributed by atoms with Crippen molar-refractivity contribution in [1.82, 2.24) is 5.32 Å². The van der Waals surface area contributed by atoms with Gasteiger partial charge in [-0.1, -0.05) is 68.1 Å². The summed E-state index contributed by atoms with van der Waals surface area (Å²) in [6.07, 6.45) is 9.08. The zero-order valence-corrected chi connectivity index (χ0v) is 15.4. The molecule has 0 aliphatic heterocycles. The Morgan fingerprint density at radius 3 is 2.23 bits per heavy atom. The molecule has 3 rings (SSSR count). The number of amides is 1. The lowest BCUT2D eigenvalue weighted by Gasteiger charge is -2.18. The second-order valence-electron chi connectivity index (χ2n) is 6.86. The second kappa shape index (κ2) is 9.23. The van der Waals surface area contributed by atoms with Crippen molar-refractivity contribution >= 4 is 17.6 Å². The van der Waals surface area contributed by atoms with Crippen LogP contribution in [0.5, 0.6) is 5.75 Å². The van der Waals surface area contributed by atoms with Crippen molar-refractivity contribution in [2.75, 3.05) is 7.11 Å². The van der Waals surface area contributed by atoms with Gasteiger partial charge in [-0.2, -0.15) is 0 Å². The molecule has 1 saturated carbocycles. The molecule has 1 N–H and O–H groups in total. The minimum atomic E-state index is 0.0129. The first-order valence-corrected chi connectivity index (χ1v) is 9.48. The number of ether oxygens (including phenoxy) is 1. The van der Waals surface area contributed by atoms with Gasteiger partial charge in [-0.15, -0.1) is 0 Å². The fourth-order valence-corrected chi connectivity index (χ4v) is 3.45. The number of hydrogen-bond donors (Lipinski definition) is 1. The lowest BCUT2D eigenvalue weighted by Crippen LogP contribution is -2.34. The molecule has 1 amide bonds.